The van der Waals surface area contributed by atoms with Gasteiger partial charge >= 0.3 is 0 Å². The van der Waals surface area contributed by atoms with Crippen LogP contribution in [0.4, 0.5) is 0 Å². The SMILES string of the molecule is CCOC1=CC(=O)[C@@]2(Oc3c(Cl)c(OC)cc(OC)c3C2=O)[C@H](C)C1. The third-order valence-electron chi connectivity index (χ3n) is 4.61. The van der Waals surface area contributed by atoms with Gasteiger partial charge in [0.05, 0.1) is 20.8 Å². The second kappa shape index (κ2) is 6.26. The molecule has 7 heteroatoms. The minimum Gasteiger partial charge on any atom is -0.498 e. The maximum absolute atomic E-state index is 13.2. The topological polar surface area (TPSA) is 71.1 Å². The van der Waals surface area contributed by atoms with Crippen LogP contribution in [0, 0.1) is 5.92 Å². The molecule has 1 aliphatic carbocycles. The molecule has 0 saturated heterocycles. The first kappa shape index (κ1) is 17.6. The highest BCUT2D eigenvalue weighted by Gasteiger charge is 2.60. The minimum atomic E-state index is -1.65. The highest BCUT2D eigenvalue weighted by Crippen LogP contribution is 2.53. The summed E-state index contributed by atoms with van der Waals surface area (Å²) in [5.41, 5.74) is -1.48. The molecule has 6 nitrogen and oxygen atoms in total. The quantitative estimate of drug-likeness (QED) is 0.762. The molecule has 2 atom stereocenters. The summed E-state index contributed by atoms with van der Waals surface area (Å²) in [5.74, 6) is -0.0781. The van der Waals surface area contributed by atoms with Crippen molar-refractivity contribution >= 4 is 23.2 Å². The molecular formula is C18H19ClO6. The number of allylic oxidation sites excluding steroid dienone is 1. The lowest BCUT2D eigenvalue weighted by molar-refractivity contribution is -0.129. The van der Waals surface area contributed by atoms with Crippen molar-refractivity contribution in [2.75, 3.05) is 20.8 Å². The number of hydrogen-bond acceptors (Lipinski definition) is 6. The van der Waals surface area contributed by atoms with Crippen LogP contribution in [0.3, 0.4) is 0 Å². The number of carbonyl (C=O) groups excluding carboxylic acids is 2. The lowest BCUT2D eigenvalue weighted by Gasteiger charge is -2.34. The highest BCUT2D eigenvalue weighted by molar-refractivity contribution is 6.36. The number of Topliss-reactive ketones (excluding diaryl/α,β-unsaturated/α-hetero) is 1. The molecule has 0 bridgehead atoms. The van der Waals surface area contributed by atoms with Crippen LogP contribution in [-0.4, -0.2) is 38.0 Å². The Bertz CT molecular complexity index is 784. The average molecular weight is 367 g/mol. The van der Waals surface area contributed by atoms with E-state index in [9.17, 15) is 9.59 Å². The van der Waals surface area contributed by atoms with Crippen LogP contribution >= 0.6 is 11.6 Å². The molecule has 25 heavy (non-hydrogen) atoms. The van der Waals surface area contributed by atoms with Crippen LogP contribution < -0.4 is 14.2 Å². The van der Waals surface area contributed by atoms with Crippen molar-refractivity contribution in [2.45, 2.75) is 25.9 Å². The molecule has 2 aliphatic rings. The third-order valence-corrected chi connectivity index (χ3v) is 4.97. The molecule has 0 saturated carbocycles. The Morgan fingerprint density at radius 3 is 2.52 bits per heavy atom. The molecule has 0 radical (unpaired) electrons. The molecule has 0 amide bonds. The van der Waals surface area contributed by atoms with Crippen molar-refractivity contribution in [2.24, 2.45) is 5.92 Å². The summed E-state index contributed by atoms with van der Waals surface area (Å²) in [6.07, 6.45) is 1.75. The molecule has 1 aliphatic heterocycles. The van der Waals surface area contributed by atoms with Crippen LogP contribution in [0.15, 0.2) is 17.9 Å². The maximum atomic E-state index is 13.2. The van der Waals surface area contributed by atoms with E-state index in [1.54, 1.807) is 6.92 Å². The molecule has 1 aromatic carbocycles. The lowest BCUT2D eigenvalue weighted by atomic mass is 9.74. The number of carbonyl (C=O) groups is 2. The molecule has 0 fully saturated rings. The van der Waals surface area contributed by atoms with Gasteiger partial charge in [0.15, 0.2) is 5.75 Å². The van der Waals surface area contributed by atoms with Crippen molar-refractivity contribution in [1.29, 1.82) is 0 Å². The number of rotatable bonds is 4. The van der Waals surface area contributed by atoms with Gasteiger partial charge in [0.2, 0.25) is 17.2 Å². The lowest BCUT2D eigenvalue weighted by Crippen LogP contribution is -2.54. The van der Waals surface area contributed by atoms with Crippen LogP contribution in [0.25, 0.3) is 0 Å². The molecule has 134 valence electrons. The summed E-state index contributed by atoms with van der Waals surface area (Å²) in [6, 6.07) is 1.51. The summed E-state index contributed by atoms with van der Waals surface area (Å²) >= 11 is 6.32. The average Bonchev–Trinajstić information content (AvgIpc) is 2.89. The Labute approximate surface area is 150 Å². The number of ether oxygens (including phenoxy) is 4. The number of methoxy groups -OCH3 is 2. The number of fused-ring (bicyclic) bond motifs is 1. The van der Waals surface area contributed by atoms with Crippen LogP contribution in [0.1, 0.15) is 30.6 Å². The first-order chi connectivity index (χ1) is 11.9. The Hall–Kier alpha value is -2.21. The summed E-state index contributed by atoms with van der Waals surface area (Å²) in [5, 5.41) is 0.142. The zero-order valence-electron chi connectivity index (χ0n) is 14.5. The van der Waals surface area contributed by atoms with Crippen molar-refractivity contribution < 1.29 is 28.5 Å². The van der Waals surface area contributed by atoms with E-state index in [1.165, 1.54) is 26.4 Å². The van der Waals surface area contributed by atoms with E-state index in [1.807, 2.05) is 6.92 Å². The fourth-order valence-electron chi connectivity index (χ4n) is 3.37. The van der Waals surface area contributed by atoms with E-state index in [4.69, 9.17) is 30.5 Å². The predicted molar refractivity (Wildman–Crippen MR) is 90.7 cm³/mol. The van der Waals surface area contributed by atoms with Gasteiger partial charge in [0, 0.05) is 24.5 Å². The molecule has 3 rings (SSSR count). The predicted octanol–water partition coefficient (Wildman–Crippen LogP) is 3.20. The smallest absolute Gasteiger partial charge is 0.236 e. The van der Waals surface area contributed by atoms with Gasteiger partial charge in [-0.25, -0.2) is 0 Å². The molecule has 1 aromatic rings. The number of halogens is 1. The van der Waals surface area contributed by atoms with E-state index >= 15 is 0 Å². The van der Waals surface area contributed by atoms with Gasteiger partial charge in [0.25, 0.3) is 0 Å². The highest BCUT2D eigenvalue weighted by atomic mass is 35.5. The Balaban J connectivity index is 2.15. The summed E-state index contributed by atoms with van der Waals surface area (Å²) < 4.78 is 21.9. The van der Waals surface area contributed by atoms with Crippen LogP contribution in [0.2, 0.25) is 5.02 Å². The molecular weight excluding hydrogens is 348 g/mol. The van der Waals surface area contributed by atoms with Gasteiger partial charge in [-0.1, -0.05) is 18.5 Å². The maximum Gasteiger partial charge on any atom is 0.236 e. The van der Waals surface area contributed by atoms with E-state index in [0.717, 1.165) is 0 Å². The normalized spacial score (nSPS) is 24.7. The van der Waals surface area contributed by atoms with Crippen molar-refractivity contribution in [3.63, 3.8) is 0 Å². The van der Waals surface area contributed by atoms with Crippen LogP contribution in [0.5, 0.6) is 17.2 Å². The summed E-state index contributed by atoms with van der Waals surface area (Å²) in [4.78, 5) is 26.0. The molecule has 0 unspecified atom stereocenters. The van der Waals surface area contributed by atoms with Crippen LogP contribution in [-0.2, 0) is 9.53 Å². The molecule has 0 N–H and O–H groups in total. The van der Waals surface area contributed by atoms with Gasteiger partial charge in [-0.3, -0.25) is 9.59 Å². The largest absolute Gasteiger partial charge is 0.498 e. The van der Waals surface area contributed by atoms with Gasteiger partial charge in [-0.15, -0.1) is 0 Å². The van der Waals surface area contributed by atoms with Crippen molar-refractivity contribution in [1.82, 2.24) is 0 Å². The van der Waals surface area contributed by atoms with Crippen molar-refractivity contribution in [3.8, 4) is 17.2 Å². The molecule has 0 aromatic heterocycles. The van der Waals surface area contributed by atoms with Gasteiger partial charge < -0.3 is 18.9 Å². The zero-order valence-corrected chi connectivity index (χ0v) is 15.2. The second-order valence-electron chi connectivity index (χ2n) is 5.98. The monoisotopic (exact) mass is 366 g/mol. The van der Waals surface area contributed by atoms with E-state index < -0.39 is 23.1 Å². The van der Waals surface area contributed by atoms with Gasteiger partial charge in [0.1, 0.15) is 27.8 Å². The number of ketones is 2. The Morgan fingerprint density at radius 1 is 1.28 bits per heavy atom. The van der Waals surface area contributed by atoms with Crippen molar-refractivity contribution in [3.05, 3.63) is 28.5 Å². The first-order valence-electron chi connectivity index (χ1n) is 7.96. The fraction of sp³-hybridized carbons (Fsp3) is 0.444. The molecule has 1 heterocycles. The minimum absolute atomic E-state index is 0.122. The van der Waals surface area contributed by atoms with Gasteiger partial charge in [-0.05, 0) is 6.92 Å². The Kier molecular flexibility index (Phi) is 4.41. The third kappa shape index (κ3) is 2.39. The summed E-state index contributed by atoms with van der Waals surface area (Å²) in [6.45, 7) is 4.07. The summed E-state index contributed by atoms with van der Waals surface area (Å²) in [7, 11) is 2.88. The van der Waals surface area contributed by atoms with E-state index in [0.29, 0.717) is 24.5 Å². The second-order valence-corrected chi connectivity index (χ2v) is 6.36. The first-order valence-corrected chi connectivity index (χ1v) is 8.34. The molecule has 1 spiro atoms. The standard InChI is InChI=1S/C18H19ClO6/c1-5-24-10-6-9(2)18(13(20)7-10)17(21)14-11(22-3)8-12(23-4)15(19)16(14)25-18/h7-9H,5-6H2,1-4H3/t9-,18+/m1/s1. The zero-order chi connectivity index (χ0) is 18.4. The Morgan fingerprint density at radius 2 is 1.96 bits per heavy atom. The van der Waals surface area contributed by atoms with E-state index in [-0.39, 0.29) is 22.1 Å². The van der Waals surface area contributed by atoms with Gasteiger partial charge in [-0.2, -0.15) is 0 Å². The number of benzene rings is 1. The fourth-order valence-corrected chi connectivity index (χ4v) is 3.64. The van der Waals surface area contributed by atoms with E-state index in [2.05, 4.69) is 0 Å². The number of hydrogen-bond donors (Lipinski definition) is 0.